The van der Waals surface area contributed by atoms with Crippen molar-refractivity contribution in [2.24, 2.45) is 0 Å². The number of esters is 1. The maximum Gasteiger partial charge on any atom is 0.351 e. The van der Waals surface area contributed by atoms with Crippen molar-refractivity contribution in [1.29, 1.82) is 0 Å². The van der Waals surface area contributed by atoms with Gasteiger partial charge in [0.05, 0.1) is 18.7 Å². The summed E-state index contributed by atoms with van der Waals surface area (Å²) in [6, 6.07) is 0. The third-order valence-electron chi connectivity index (χ3n) is 1.35. The number of carbonyl (C=O) groups is 2. The largest absolute Gasteiger partial charge is 0.462 e. The number of halogens is 1. The first kappa shape index (κ1) is 9.06. The molecule has 1 saturated heterocycles. The normalized spacial score (nSPS) is 19.3. The van der Waals surface area contributed by atoms with Gasteiger partial charge in [0.1, 0.15) is 5.03 Å². The van der Waals surface area contributed by atoms with Crippen molar-refractivity contribution >= 4 is 23.5 Å². The Kier molecular flexibility index (Phi) is 2.70. The van der Waals surface area contributed by atoms with E-state index >= 15 is 0 Å². The highest BCUT2D eigenvalue weighted by atomic mass is 35.5. The van der Waals surface area contributed by atoms with Crippen LogP contribution < -0.4 is 5.32 Å². The fourth-order valence-electron chi connectivity index (χ4n) is 0.761. The van der Waals surface area contributed by atoms with Gasteiger partial charge in [-0.1, -0.05) is 11.6 Å². The van der Waals surface area contributed by atoms with Gasteiger partial charge in [-0.2, -0.15) is 0 Å². The van der Waals surface area contributed by atoms with E-state index in [4.69, 9.17) is 11.6 Å². The smallest absolute Gasteiger partial charge is 0.351 e. The molecular formula is C7H8ClNO3. The molecule has 1 rings (SSSR count). The predicted octanol–water partition coefficient (Wildman–Crippen LogP) is 0.520. The van der Waals surface area contributed by atoms with Gasteiger partial charge in [-0.05, 0) is 6.92 Å². The maximum absolute atomic E-state index is 10.9. The van der Waals surface area contributed by atoms with Crippen LogP contribution in [0.5, 0.6) is 0 Å². The number of β-lactam (4-membered cyclic amide) rings is 1. The van der Waals surface area contributed by atoms with Gasteiger partial charge in [-0.15, -0.1) is 0 Å². The summed E-state index contributed by atoms with van der Waals surface area (Å²) in [5.41, 5.74) is 0.445. The van der Waals surface area contributed by atoms with Gasteiger partial charge < -0.3 is 10.1 Å². The SMILES string of the molecule is CCOC(=O)/C(Cl)=C1/CC(=O)N1. The Morgan fingerprint density at radius 1 is 1.75 bits per heavy atom. The van der Waals surface area contributed by atoms with Gasteiger partial charge in [0.25, 0.3) is 0 Å². The van der Waals surface area contributed by atoms with Crippen LogP contribution >= 0.6 is 11.6 Å². The van der Waals surface area contributed by atoms with Crippen LogP contribution in [0.15, 0.2) is 10.7 Å². The van der Waals surface area contributed by atoms with E-state index in [0.717, 1.165) is 0 Å². The van der Waals surface area contributed by atoms with E-state index in [-0.39, 0.29) is 24.0 Å². The lowest BCUT2D eigenvalue weighted by atomic mass is 10.1. The number of nitrogens with one attached hydrogen (secondary N) is 1. The molecule has 0 unspecified atom stereocenters. The predicted molar refractivity (Wildman–Crippen MR) is 42.3 cm³/mol. The topological polar surface area (TPSA) is 55.4 Å². The zero-order valence-electron chi connectivity index (χ0n) is 6.52. The maximum atomic E-state index is 10.9. The molecular weight excluding hydrogens is 182 g/mol. The second kappa shape index (κ2) is 3.58. The third kappa shape index (κ3) is 1.76. The van der Waals surface area contributed by atoms with Crippen LogP contribution in [0.25, 0.3) is 0 Å². The van der Waals surface area contributed by atoms with Gasteiger partial charge >= 0.3 is 5.97 Å². The number of carbonyl (C=O) groups excluding carboxylic acids is 2. The van der Waals surface area contributed by atoms with Crippen LogP contribution in [0, 0.1) is 0 Å². The highest BCUT2D eigenvalue weighted by Gasteiger charge is 2.25. The van der Waals surface area contributed by atoms with Crippen molar-refractivity contribution in [2.45, 2.75) is 13.3 Å². The number of hydrogen-bond donors (Lipinski definition) is 1. The molecule has 1 fully saturated rings. The Morgan fingerprint density at radius 3 is 2.75 bits per heavy atom. The molecule has 1 aliphatic rings. The van der Waals surface area contributed by atoms with E-state index in [1.165, 1.54) is 0 Å². The van der Waals surface area contributed by atoms with Crippen LogP contribution in [-0.2, 0) is 14.3 Å². The first-order chi connectivity index (χ1) is 5.65. The third-order valence-corrected chi connectivity index (χ3v) is 1.73. The second-order valence-electron chi connectivity index (χ2n) is 2.24. The highest BCUT2D eigenvalue weighted by Crippen LogP contribution is 2.18. The molecule has 0 aliphatic carbocycles. The number of ether oxygens (including phenoxy) is 1. The molecule has 0 bridgehead atoms. The lowest BCUT2D eigenvalue weighted by molar-refractivity contribution is -0.137. The molecule has 1 amide bonds. The van der Waals surface area contributed by atoms with Crippen LogP contribution in [0.3, 0.4) is 0 Å². The first-order valence-corrected chi connectivity index (χ1v) is 3.88. The Balaban J connectivity index is 2.57. The fourth-order valence-corrected chi connectivity index (χ4v) is 0.929. The molecule has 0 radical (unpaired) electrons. The molecule has 4 nitrogen and oxygen atoms in total. The van der Waals surface area contributed by atoms with Crippen molar-refractivity contribution in [1.82, 2.24) is 5.32 Å². The average molecular weight is 190 g/mol. The Morgan fingerprint density at radius 2 is 2.33 bits per heavy atom. The van der Waals surface area contributed by atoms with Crippen LogP contribution in [-0.4, -0.2) is 18.5 Å². The molecule has 66 valence electrons. The van der Waals surface area contributed by atoms with E-state index in [9.17, 15) is 9.59 Å². The summed E-state index contributed by atoms with van der Waals surface area (Å²) in [5, 5.41) is 2.36. The number of hydrogen-bond acceptors (Lipinski definition) is 3. The summed E-state index contributed by atoms with van der Waals surface area (Å²) in [6.45, 7) is 1.96. The molecule has 0 aromatic rings. The minimum atomic E-state index is -0.589. The zero-order valence-corrected chi connectivity index (χ0v) is 7.27. The number of rotatable bonds is 2. The Bertz CT molecular complexity index is 249. The monoisotopic (exact) mass is 189 g/mol. The first-order valence-electron chi connectivity index (χ1n) is 3.50. The van der Waals surface area contributed by atoms with Crippen molar-refractivity contribution in [3.8, 4) is 0 Å². The lowest BCUT2D eigenvalue weighted by Gasteiger charge is -2.18. The summed E-state index contributed by atoms with van der Waals surface area (Å²) < 4.78 is 4.62. The zero-order chi connectivity index (χ0) is 9.14. The van der Waals surface area contributed by atoms with Gasteiger partial charge in [0.2, 0.25) is 5.91 Å². The van der Waals surface area contributed by atoms with E-state index in [1.54, 1.807) is 6.92 Å². The lowest BCUT2D eigenvalue weighted by Crippen LogP contribution is -2.37. The van der Waals surface area contributed by atoms with Crippen LogP contribution in [0.2, 0.25) is 0 Å². The van der Waals surface area contributed by atoms with Crippen molar-refractivity contribution < 1.29 is 14.3 Å². The molecule has 5 heteroatoms. The Labute approximate surface area is 74.5 Å². The quantitative estimate of drug-likeness (QED) is 0.392. The Hall–Kier alpha value is -1.03. The number of amides is 1. The molecule has 0 aromatic heterocycles. The van der Waals surface area contributed by atoms with Crippen LogP contribution in [0.1, 0.15) is 13.3 Å². The van der Waals surface area contributed by atoms with Crippen molar-refractivity contribution in [2.75, 3.05) is 6.61 Å². The van der Waals surface area contributed by atoms with Gasteiger partial charge in [-0.25, -0.2) is 4.79 Å². The molecule has 0 aromatic carbocycles. The molecule has 12 heavy (non-hydrogen) atoms. The summed E-state index contributed by atoms with van der Waals surface area (Å²) in [6.07, 6.45) is 0.192. The molecule has 0 saturated carbocycles. The summed E-state index contributed by atoms with van der Waals surface area (Å²) in [5.74, 6) is -0.721. The van der Waals surface area contributed by atoms with Crippen LogP contribution in [0.4, 0.5) is 0 Å². The minimum absolute atomic E-state index is 0.0311. The minimum Gasteiger partial charge on any atom is -0.462 e. The highest BCUT2D eigenvalue weighted by molar-refractivity contribution is 6.42. The molecule has 1 N–H and O–H groups in total. The van der Waals surface area contributed by atoms with Gasteiger partial charge in [-0.3, -0.25) is 4.79 Å². The van der Waals surface area contributed by atoms with Gasteiger partial charge in [0.15, 0.2) is 0 Å². The van der Waals surface area contributed by atoms with E-state index < -0.39 is 5.97 Å². The molecule has 0 spiro atoms. The van der Waals surface area contributed by atoms with Crippen molar-refractivity contribution in [3.05, 3.63) is 10.7 Å². The van der Waals surface area contributed by atoms with E-state index in [0.29, 0.717) is 5.70 Å². The summed E-state index contributed by atoms with van der Waals surface area (Å²) in [4.78, 5) is 21.4. The fraction of sp³-hybridized carbons (Fsp3) is 0.429. The summed E-state index contributed by atoms with van der Waals surface area (Å²) in [7, 11) is 0. The molecule has 1 heterocycles. The van der Waals surface area contributed by atoms with Gasteiger partial charge in [0, 0.05) is 0 Å². The van der Waals surface area contributed by atoms with E-state index in [2.05, 4.69) is 10.1 Å². The molecule has 1 aliphatic heterocycles. The van der Waals surface area contributed by atoms with Crippen molar-refractivity contribution in [3.63, 3.8) is 0 Å². The molecule has 0 atom stereocenters. The van der Waals surface area contributed by atoms with E-state index in [1.807, 2.05) is 0 Å². The second-order valence-corrected chi connectivity index (χ2v) is 2.62. The average Bonchev–Trinajstić information content (AvgIpc) is 1.98. The summed E-state index contributed by atoms with van der Waals surface area (Å²) >= 11 is 5.57. The standard InChI is InChI=1S/C7H8ClNO3/c1-2-12-7(11)6(8)4-3-5(10)9-4/h2-3H2,1H3,(H,9,10)/b6-4+.